The minimum Gasteiger partial charge on any atom is -0.357 e. The second-order valence-corrected chi connectivity index (χ2v) is 9.64. The molecule has 2 aromatic carbocycles. The van der Waals surface area contributed by atoms with Gasteiger partial charge in [-0.15, -0.1) is 0 Å². The minimum absolute atomic E-state index is 0.112. The molecule has 2 aromatic heterocycles. The summed E-state index contributed by atoms with van der Waals surface area (Å²) in [7, 11) is 0. The molecule has 0 aliphatic carbocycles. The Kier molecular flexibility index (Phi) is 6.75. The minimum atomic E-state index is -0.121. The molecule has 35 heavy (non-hydrogen) atoms. The topological polar surface area (TPSA) is 72.2 Å². The number of hydrogen-bond donors (Lipinski definition) is 2. The lowest BCUT2D eigenvalue weighted by Crippen LogP contribution is -2.56. The molecule has 0 saturated carbocycles. The van der Waals surface area contributed by atoms with Crippen molar-refractivity contribution in [3.05, 3.63) is 93.5 Å². The summed E-state index contributed by atoms with van der Waals surface area (Å²) < 4.78 is 0. The van der Waals surface area contributed by atoms with Crippen molar-refractivity contribution in [2.24, 2.45) is 0 Å². The third kappa shape index (κ3) is 5.19. The maximum atomic E-state index is 13.5. The van der Waals surface area contributed by atoms with Crippen molar-refractivity contribution in [2.45, 2.75) is 38.9 Å². The van der Waals surface area contributed by atoms with Gasteiger partial charge in [0, 0.05) is 60.1 Å². The number of aromatic amines is 2. The number of H-pyrrole nitrogens is 2. The number of fused-ring (bicyclic) bond motifs is 1. The average molecular weight is 489 g/mol. The third-order valence-electron chi connectivity index (χ3n) is 6.71. The van der Waals surface area contributed by atoms with Crippen LogP contribution in [0.4, 0.5) is 0 Å². The zero-order valence-electron chi connectivity index (χ0n) is 19.8. The van der Waals surface area contributed by atoms with Gasteiger partial charge in [-0.05, 0) is 53.4 Å². The maximum Gasteiger partial charge on any atom is 0.247 e. The van der Waals surface area contributed by atoms with Crippen LogP contribution >= 0.6 is 11.6 Å². The van der Waals surface area contributed by atoms with Gasteiger partial charge in [0.05, 0.1) is 6.04 Å². The molecule has 1 aliphatic heterocycles. The molecule has 2 N–H and O–H groups in total. The van der Waals surface area contributed by atoms with Crippen LogP contribution in [0.2, 0.25) is 5.02 Å². The Bertz CT molecular complexity index is 1370. The number of pyridine rings is 1. The van der Waals surface area contributed by atoms with Crippen molar-refractivity contribution < 1.29 is 4.79 Å². The lowest BCUT2D eigenvalue weighted by atomic mass is 10.0. The predicted octanol–water partition coefficient (Wildman–Crippen LogP) is 5.19. The first-order valence-electron chi connectivity index (χ1n) is 12.1. The van der Waals surface area contributed by atoms with Crippen LogP contribution in [-0.2, 0) is 17.9 Å². The van der Waals surface area contributed by atoms with E-state index in [0.717, 1.165) is 57.7 Å². The van der Waals surface area contributed by atoms with E-state index in [1.54, 1.807) is 6.20 Å². The number of aromatic nitrogens is 2. The van der Waals surface area contributed by atoms with Gasteiger partial charge < -0.3 is 14.9 Å². The van der Waals surface area contributed by atoms with Crippen molar-refractivity contribution >= 4 is 28.4 Å². The smallest absolute Gasteiger partial charge is 0.247 e. The van der Waals surface area contributed by atoms with Gasteiger partial charge in [0.25, 0.3) is 0 Å². The summed E-state index contributed by atoms with van der Waals surface area (Å²) in [5.74, 6) is 0.196. The zero-order valence-corrected chi connectivity index (χ0v) is 20.5. The fraction of sp³-hybridized carbons (Fsp3) is 0.286. The fourth-order valence-electron chi connectivity index (χ4n) is 4.89. The van der Waals surface area contributed by atoms with Gasteiger partial charge in [-0.3, -0.25) is 14.5 Å². The Morgan fingerprint density at radius 1 is 0.943 bits per heavy atom. The van der Waals surface area contributed by atoms with Gasteiger partial charge in [-0.2, -0.15) is 0 Å². The highest BCUT2D eigenvalue weighted by Crippen LogP contribution is 2.25. The highest BCUT2D eigenvalue weighted by molar-refractivity contribution is 6.31. The van der Waals surface area contributed by atoms with Crippen LogP contribution in [0.3, 0.4) is 0 Å². The second-order valence-electron chi connectivity index (χ2n) is 9.20. The summed E-state index contributed by atoms with van der Waals surface area (Å²) in [6.07, 6.45) is 3.51. The molecule has 0 radical (unpaired) electrons. The Hall–Kier alpha value is -3.35. The third-order valence-corrected chi connectivity index (χ3v) is 6.95. The lowest BCUT2D eigenvalue weighted by Gasteiger charge is -2.40. The standard InChI is InChI=1S/C28H29ClN4O2/c1-2-3-26-28(35)33(17-19-4-6-20(7-5-19)21-8-11-27(34)30-16-21)13-12-32(26)18-24-15-22-14-23(29)9-10-25(22)31-24/h4-11,14-16,26,31H,2-3,12-13,17-18H2,1H3,(H,30,34)/t26-/m0/s1. The number of carbonyl (C=O) groups excluding carboxylic acids is 1. The molecule has 1 amide bonds. The van der Waals surface area contributed by atoms with Crippen LogP contribution in [0, 0.1) is 0 Å². The van der Waals surface area contributed by atoms with Crippen LogP contribution in [-0.4, -0.2) is 44.8 Å². The summed E-state index contributed by atoms with van der Waals surface area (Å²) in [4.78, 5) is 35.3. The van der Waals surface area contributed by atoms with Gasteiger partial charge in [0.15, 0.2) is 0 Å². The van der Waals surface area contributed by atoms with Crippen molar-refractivity contribution in [3.8, 4) is 11.1 Å². The van der Waals surface area contributed by atoms with Gasteiger partial charge in [-0.25, -0.2) is 0 Å². The van der Waals surface area contributed by atoms with E-state index >= 15 is 0 Å². The van der Waals surface area contributed by atoms with Crippen LogP contribution in [0.1, 0.15) is 31.0 Å². The van der Waals surface area contributed by atoms with E-state index in [4.69, 9.17) is 11.6 Å². The maximum absolute atomic E-state index is 13.5. The van der Waals surface area contributed by atoms with Crippen LogP contribution in [0.5, 0.6) is 0 Å². The number of carbonyl (C=O) groups is 1. The molecule has 5 rings (SSSR count). The van der Waals surface area contributed by atoms with Crippen LogP contribution < -0.4 is 5.56 Å². The van der Waals surface area contributed by atoms with Crippen molar-refractivity contribution in [1.82, 2.24) is 19.8 Å². The first-order chi connectivity index (χ1) is 17.0. The van der Waals surface area contributed by atoms with Gasteiger partial charge >= 0.3 is 0 Å². The van der Waals surface area contributed by atoms with E-state index in [9.17, 15) is 9.59 Å². The molecule has 1 atom stereocenters. The number of halogens is 1. The Morgan fingerprint density at radius 3 is 2.49 bits per heavy atom. The number of rotatable bonds is 7. The molecular weight excluding hydrogens is 460 g/mol. The molecule has 1 saturated heterocycles. The molecular formula is C28H29ClN4O2. The first kappa shape index (κ1) is 23.4. The predicted molar refractivity (Wildman–Crippen MR) is 140 cm³/mol. The molecule has 3 heterocycles. The van der Waals surface area contributed by atoms with E-state index < -0.39 is 0 Å². The lowest BCUT2D eigenvalue weighted by molar-refractivity contribution is -0.143. The summed E-state index contributed by atoms with van der Waals surface area (Å²) in [6.45, 7) is 4.98. The molecule has 0 bridgehead atoms. The van der Waals surface area contributed by atoms with Crippen molar-refractivity contribution in [2.75, 3.05) is 13.1 Å². The largest absolute Gasteiger partial charge is 0.357 e. The average Bonchev–Trinajstić information content (AvgIpc) is 3.25. The summed E-state index contributed by atoms with van der Waals surface area (Å²) in [5, 5.41) is 1.82. The first-order valence-corrected chi connectivity index (χ1v) is 12.5. The number of benzene rings is 2. The van der Waals surface area contributed by atoms with Gasteiger partial charge in [-0.1, -0.05) is 49.2 Å². The Morgan fingerprint density at radius 2 is 1.74 bits per heavy atom. The SMILES string of the molecule is CCC[C@H]1C(=O)N(Cc2ccc(-c3ccc(=O)[nH]c3)cc2)CCN1Cc1cc2cc(Cl)ccc2[nH]1. The molecule has 1 fully saturated rings. The molecule has 1 aliphatic rings. The molecule has 7 heteroatoms. The van der Waals surface area contributed by atoms with Crippen LogP contribution in [0.15, 0.2) is 71.7 Å². The summed E-state index contributed by atoms with van der Waals surface area (Å²) in [5.41, 5.74) is 5.14. The monoisotopic (exact) mass is 488 g/mol. The second kappa shape index (κ2) is 10.1. The fourth-order valence-corrected chi connectivity index (χ4v) is 5.07. The van der Waals surface area contributed by atoms with E-state index in [2.05, 4.69) is 40.0 Å². The number of nitrogens with one attached hydrogen (secondary N) is 2. The number of hydrogen-bond acceptors (Lipinski definition) is 3. The van der Waals surface area contributed by atoms with Crippen molar-refractivity contribution in [3.63, 3.8) is 0 Å². The number of nitrogens with zero attached hydrogens (tertiary/aromatic N) is 2. The molecule has 6 nitrogen and oxygen atoms in total. The summed E-state index contributed by atoms with van der Waals surface area (Å²) >= 11 is 6.14. The quantitative estimate of drug-likeness (QED) is 0.376. The van der Waals surface area contributed by atoms with E-state index in [1.807, 2.05) is 41.3 Å². The normalized spacial score (nSPS) is 16.8. The van der Waals surface area contributed by atoms with Crippen LogP contribution in [0.25, 0.3) is 22.0 Å². The van der Waals surface area contributed by atoms with E-state index in [0.29, 0.717) is 19.6 Å². The Labute approximate surface area is 209 Å². The molecule has 0 spiro atoms. The zero-order chi connectivity index (χ0) is 24.4. The highest BCUT2D eigenvalue weighted by atomic mass is 35.5. The molecule has 4 aromatic rings. The van der Waals surface area contributed by atoms with E-state index in [1.165, 1.54) is 6.07 Å². The Balaban J connectivity index is 1.27. The summed E-state index contributed by atoms with van der Waals surface area (Å²) in [6, 6.07) is 19.4. The molecule has 180 valence electrons. The highest BCUT2D eigenvalue weighted by Gasteiger charge is 2.34. The van der Waals surface area contributed by atoms with Crippen molar-refractivity contribution in [1.29, 1.82) is 0 Å². The van der Waals surface area contributed by atoms with Gasteiger partial charge in [0.1, 0.15) is 0 Å². The number of amides is 1. The number of piperazine rings is 1. The van der Waals surface area contributed by atoms with Gasteiger partial charge in [0.2, 0.25) is 11.5 Å². The van der Waals surface area contributed by atoms with E-state index in [-0.39, 0.29) is 17.5 Å². The molecule has 0 unspecified atom stereocenters.